The van der Waals surface area contributed by atoms with Crippen molar-refractivity contribution in [3.63, 3.8) is 0 Å². The Balaban J connectivity index is 1.86. The average Bonchev–Trinajstić information content (AvgIpc) is 2.47. The van der Waals surface area contributed by atoms with Gasteiger partial charge < -0.3 is 15.2 Å². The monoisotopic (exact) mass is 274 g/mol. The number of fused-ring (bicyclic) bond motifs is 1. The summed E-state index contributed by atoms with van der Waals surface area (Å²) < 4.78 is 0. The summed E-state index contributed by atoms with van der Waals surface area (Å²) in [5, 5.41) is 24.8. The lowest BCUT2D eigenvalue weighted by molar-refractivity contribution is -0.641. The van der Waals surface area contributed by atoms with Gasteiger partial charge in [0.15, 0.2) is 0 Å². The number of rotatable bonds is 2. The van der Waals surface area contributed by atoms with Crippen LogP contribution in [0.15, 0.2) is 24.3 Å². The Hall–Kier alpha value is -2.44. The highest BCUT2D eigenvalue weighted by Crippen LogP contribution is 2.21. The summed E-state index contributed by atoms with van der Waals surface area (Å²) in [6.45, 7) is 1.10. The Kier molecular flexibility index (Phi) is 3.09. The number of piperidine rings is 1. The summed E-state index contributed by atoms with van der Waals surface area (Å²) in [5.41, 5.74) is 1.02. The first-order valence-corrected chi connectivity index (χ1v) is 6.49. The molecule has 20 heavy (non-hydrogen) atoms. The maximum absolute atomic E-state index is 11.9. The molecule has 7 nitrogen and oxygen atoms in total. The first-order valence-electron chi connectivity index (χ1n) is 6.49. The Labute approximate surface area is 115 Å². The SMILES string of the molecule is O=C(O)C1CCN(c2nc3ccccc3[n+]([O-])n2)CC1. The summed E-state index contributed by atoms with van der Waals surface area (Å²) in [6, 6.07) is 7.01. The number of aliphatic carboxylic acids is 1. The Morgan fingerprint density at radius 1 is 1.35 bits per heavy atom. The van der Waals surface area contributed by atoms with Crippen molar-refractivity contribution < 1.29 is 14.7 Å². The highest BCUT2D eigenvalue weighted by molar-refractivity contribution is 5.72. The van der Waals surface area contributed by atoms with Crippen molar-refractivity contribution >= 4 is 23.0 Å². The number of carboxylic acid groups (broad SMARTS) is 1. The number of hydrogen-bond donors (Lipinski definition) is 1. The minimum atomic E-state index is -0.761. The van der Waals surface area contributed by atoms with Gasteiger partial charge >= 0.3 is 5.97 Å². The number of para-hydroxylation sites is 2. The first kappa shape index (κ1) is 12.6. The van der Waals surface area contributed by atoms with Crippen molar-refractivity contribution in [1.29, 1.82) is 0 Å². The van der Waals surface area contributed by atoms with Crippen LogP contribution in [0.4, 0.5) is 5.95 Å². The molecule has 0 radical (unpaired) electrons. The molecule has 1 aliphatic heterocycles. The van der Waals surface area contributed by atoms with Gasteiger partial charge in [-0.05, 0) is 23.8 Å². The van der Waals surface area contributed by atoms with Crippen molar-refractivity contribution in [3.8, 4) is 0 Å². The van der Waals surface area contributed by atoms with Crippen molar-refractivity contribution in [2.45, 2.75) is 12.8 Å². The second kappa shape index (κ2) is 4.92. The van der Waals surface area contributed by atoms with Gasteiger partial charge in [-0.15, -0.1) is 0 Å². The quantitative estimate of drug-likeness (QED) is 0.635. The molecule has 1 aliphatic rings. The van der Waals surface area contributed by atoms with Crippen LogP contribution in [0.2, 0.25) is 0 Å². The maximum Gasteiger partial charge on any atom is 0.306 e. The van der Waals surface area contributed by atoms with Gasteiger partial charge in [-0.1, -0.05) is 12.1 Å². The minimum Gasteiger partial charge on any atom is -0.594 e. The Morgan fingerprint density at radius 3 is 2.75 bits per heavy atom. The van der Waals surface area contributed by atoms with Crippen LogP contribution >= 0.6 is 0 Å². The van der Waals surface area contributed by atoms with Gasteiger partial charge in [-0.25, -0.2) is 4.98 Å². The molecule has 7 heteroatoms. The molecule has 1 N–H and O–H groups in total. The number of benzene rings is 1. The highest BCUT2D eigenvalue weighted by Gasteiger charge is 2.27. The predicted octanol–water partition coefficient (Wildman–Crippen LogP) is 0.564. The van der Waals surface area contributed by atoms with E-state index in [1.54, 1.807) is 18.2 Å². The molecule has 1 aromatic heterocycles. The largest absolute Gasteiger partial charge is 0.594 e. The molecule has 1 saturated heterocycles. The Morgan fingerprint density at radius 2 is 2.05 bits per heavy atom. The van der Waals surface area contributed by atoms with Crippen molar-refractivity contribution in [1.82, 2.24) is 10.1 Å². The molecule has 0 amide bonds. The normalized spacial score (nSPS) is 16.5. The summed E-state index contributed by atoms with van der Waals surface area (Å²) in [5.74, 6) is -0.711. The molecular formula is C13H14N4O3. The predicted molar refractivity (Wildman–Crippen MR) is 71.1 cm³/mol. The zero-order valence-electron chi connectivity index (χ0n) is 10.8. The molecule has 0 bridgehead atoms. The van der Waals surface area contributed by atoms with Gasteiger partial charge in [0.05, 0.1) is 11.0 Å². The van der Waals surface area contributed by atoms with E-state index in [4.69, 9.17) is 5.11 Å². The fraction of sp³-hybridized carbons (Fsp3) is 0.385. The zero-order valence-corrected chi connectivity index (χ0v) is 10.8. The number of nitrogens with zero attached hydrogens (tertiary/aromatic N) is 4. The summed E-state index contributed by atoms with van der Waals surface area (Å²) in [6.07, 6.45) is 1.09. The van der Waals surface area contributed by atoms with Crippen molar-refractivity contribution in [2.24, 2.45) is 5.92 Å². The van der Waals surface area contributed by atoms with Crippen LogP contribution in [0.3, 0.4) is 0 Å². The fourth-order valence-corrected chi connectivity index (χ4v) is 2.45. The minimum absolute atomic E-state index is 0.314. The van der Waals surface area contributed by atoms with E-state index in [0.29, 0.717) is 47.8 Å². The molecule has 1 fully saturated rings. The molecule has 3 rings (SSSR count). The third-order valence-corrected chi connectivity index (χ3v) is 3.62. The van der Waals surface area contributed by atoms with Crippen LogP contribution in [0.25, 0.3) is 11.0 Å². The number of carbonyl (C=O) groups is 1. The first-order chi connectivity index (χ1) is 9.65. The van der Waals surface area contributed by atoms with Gasteiger partial charge in [-0.3, -0.25) is 4.79 Å². The van der Waals surface area contributed by atoms with E-state index in [2.05, 4.69) is 10.1 Å². The summed E-state index contributed by atoms with van der Waals surface area (Å²) in [7, 11) is 0. The van der Waals surface area contributed by atoms with E-state index >= 15 is 0 Å². The van der Waals surface area contributed by atoms with Gasteiger partial charge in [-0.2, -0.15) is 0 Å². The van der Waals surface area contributed by atoms with E-state index in [1.165, 1.54) is 0 Å². The standard InChI is InChI=1S/C13H14N4O3/c18-12(19)9-5-7-16(8-6-9)13-14-10-3-1-2-4-11(10)17(20)15-13/h1-4,9H,5-8H2,(H,18,19). The van der Waals surface area contributed by atoms with Crippen LogP contribution in [-0.4, -0.2) is 34.2 Å². The molecule has 0 aliphatic carbocycles. The van der Waals surface area contributed by atoms with E-state index < -0.39 is 5.97 Å². The second-order valence-corrected chi connectivity index (χ2v) is 4.87. The lowest BCUT2D eigenvalue weighted by atomic mass is 9.97. The third-order valence-electron chi connectivity index (χ3n) is 3.62. The van der Waals surface area contributed by atoms with Crippen LogP contribution in [0.5, 0.6) is 0 Å². The molecule has 0 atom stereocenters. The number of aromatic nitrogens is 3. The molecule has 0 saturated carbocycles. The van der Waals surface area contributed by atoms with Gasteiger partial charge in [0.2, 0.25) is 0 Å². The van der Waals surface area contributed by atoms with Crippen LogP contribution in [0, 0.1) is 11.1 Å². The molecule has 0 spiro atoms. The van der Waals surface area contributed by atoms with E-state index in [0.717, 1.165) is 0 Å². The van der Waals surface area contributed by atoms with Gasteiger partial charge in [0.25, 0.3) is 11.5 Å². The van der Waals surface area contributed by atoms with Gasteiger partial charge in [0.1, 0.15) is 5.52 Å². The molecular weight excluding hydrogens is 260 g/mol. The lowest BCUT2D eigenvalue weighted by Gasteiger charge is -2.29. The van der Waals surface area contributed by atoms with Crippen molar-refractivity contribution in [2.75, 3.05) is 18.0 Å². The van der Waals surface area contributed by atoms with E-state index in [9.17, 15) is 10.0 Å². The Bertz CT molecular complexity index is 653. The number of hydrogen-bond acceptors (Lipinski definition) is 5. The molecule has 2 heterocycles. The van der Waals surface area contributed by atoms with Crippen LogP contribution < -0.4 is 9.75 Å². The smallest absolute Gasteiger partial charge is 0.306 e. The van der Waals surface area contributed by atoms with Crippen molar-refractivity contribution in [3.05, 3.63) is 29.5 Å². The van der Waals surface area contributed by atoms with E-state index in [1.807, 2.05) is 11.0 Å². The van der Waals surface area contributed by atoms with Crippen LogP contribution in [-0.2, 0) is 4.79 Å². The summed E-state index contributed by atoms with van der Waals surface area (Å²) in [4.78, 5) is 17.7. The van der Waals surface area contributed by atoms with Crippen LogP contribution in [0.1, 0.15) is 12.8 Å². The zero-order chi connectivity index (χ0) is 14.1. The molecule has 1 aromatic carbocycles. The highest BCUT2D eigenvalue weighted by atomic mass is 16.5. The molecule has 0 unspecified atom stereocenters. The molecule has 104 valence electrons. The second-order valence-electron chi connectivity index (χ2n) is 4.87. The number of anilines is 1. The maximum atomic E-state index is 11.9. The molecule has 2 aromatic rings. The van der Waals surface area contributed by atoms with E-state index in [-0.39, 0.29) is 5.92 Å². The summed E-state index contributed by atoms with van der Waals surface area (Å²) >= 11 is 0. The lowest BCUT2D eigenvalue weighted by Crippen LogP contribution is -2.41. The average molecular weight is 274 g/mol. The third kappa shape index (κ3) is 2.22. The fourth-order valence-electron chi connectivity index (χ4n) is 2.45. The number of carboxylic acids is 1. The van der Waals surface area contributed by atoms with Gasteiger partial charge in [0, 0.05) is 19.2 Å². The topological polar surface area (TPSA) is 93.3 Å².